The van der Waals surface area contributed by atoms with Gasteiger partial charge in [-0.1, -0.05) is 18.2 Å². The Hall–Kier alpha value is -0.0500. The summed E-state index contributed by atoms with van der Waals surface area (Å²) in [5, 5.41) is 3.90. The number of nitrogens with one attached hydrogen (secondary N) is 1. The quantitative estimate of drug-likeness (QED) is 0.642. The normalized spacial score (nSPS) is 31.4. The summed E-state index contributed by atoms with van der Waals surface area (Å²) in [6, 6.07) is 0.978. The number of hydrogen-bond acceptors (Lipinski definition) is 2. The molecule has 10 heavy (non-hydrogen) atoms. The molecule has 3 N–H and O–H groups in total. The van der Waals surface area contributed by atoms with Gasteiger partial charge in [-0.25, -0.2) is 0 Å². The average molecular weight is 161 g/mol. The molecule has 0 atom stereocenters. The fourth-order valence-electron chi connectivity index (χ4n) is 1.08. The first kappa shape index (κ1) is 8.05. The zero-order valence-corrected chi connectivity index (χ0v) is 6.69. The number of halogens is 1. The van der Waals surface area contributed by atoms with Gasteiger partial charge in [-0.2, -0.15) is 0 Å². The van der Waals surface area contributed by atoms with E-state index in [2.05, 4.69) is 11.9 Å². The molecule has 1 aliphatic carbocycles. The summed E-state index contributed by atoms with van der Waals surface area (Å²) >= 11 is 5.55. The van der Waals surface area contributed by atoms with Crippen molar-refractivity contribution in [1.82, 2.24) is 5.32 Å². The lowest BCUT2D eigenvalue weighted by Gasteiger charge is -2.33. The van der Waals surface area contributed by atoms with E-state index in [9.17, 15) is 0 Å². The molecule has 0 heterocycles. The standard InChI is InChI=1S/C7H13ClN2/c1-5(8)4-10-7-2-6(9)3-7/h6-7,10H,1-4,9H2. The molecule has 1 saturated carbocycles. The van der Waals surface area contributed by atoms with Gasteiger partial charge in [0.25, 0.3) is 0 Å². The van der Waals surface area contributed by atoms with Crippen molar-refractivity contribution in [2.45, 2.75) is 24.9 Å². The highest BCUT2D eigenvalue weighted by atomic mass is 35.5. The smallest absolute Gasteiger partial charge is 0.0310 e. The van der Waals surface area contributed by atoms with Gasteiger partial charge in [0.15, 0.2) is 0 Å². The lowest BCUT2D eigenvalue weighted by Crippen LogP contribution is -2.48. The van der Waals surface area contributed by atoms with Crippen LogP contribution in [-0.2, 0) is 0 Å². The van der Waals surface area contributed by atoms with Gasteiger partial charge in [0.1, 0.15) is 0 Å². The Bertz CT molecular complexity index is 130. The van der Waals surface area contributed by atoms with Crippen molar-refractivity contribution in [2.24, 2.45) is 5.73 Å². The van der Waals surface area contributed by atoms with Gasteiger partial charge < -0.3 is 11.1 Å². The predicted octanol–water partition coefficient (Wildman–Crippen LogP) is 0.818. The van der Waals surface area contributed by atoms with Gasteiger partial charge in [0.2, 0.25) is 0 Å². The van der Waals surface area contributed by atoms with Crippen molar-refractivity contribution in [3.05, 3.63) is 11.6 Å². The third-order valence-corrected chi connectivity index (χ3v) is 1.89. The molecule has 0 aromatic rings. The van der Waals surface area contributed by atoms with Gasteiger partial charge in [0.05, 0.1) is 0 Å². The molecule has 0 spiro atoms. The average Bonchev–Trinajstić information content (AvgIpc) is 1.77. The van der Waals surface area contributed by atoms with Gasteiger partial charge in [-0.15, -0.1) is 0 Å². The molecular weight excluding hydrogens is 148 g/mol. The monoisotopic (exact) mass is 160 g/mol. The minimum absolute atomic E-state index is 0.404. The summed E-state index contributed by atoms with van der Waals surface area (Å²) in [6.45, 7) is 4.28. The van der Waals surface area contributed by atoms with Gasteiger partial charge in [0, 0.05) is 23.7 Å². The van der Waals surface area contributed by atoms with E-state index >= 15 is 0 Å². The van der Waals surface area contributed by atoms with Crippen LogP contribution in [0.1, 0.15) is 12.8 Å². The largest absolute Gasteiger partial charge is 0.328 e. The minimum Gasteiger partial charge on any atom is -0.328 e. The second kappa shape index (κ2) is 3.37. The van der Waals surface area contributed by atoms with Crippen LogP contribution in [0.25, 0.3) is 0 Å². The van der Waals surface area contributed by atoms with Crippen molar-refractivity contribution in [1.29, 1.82) is 0 Å². The fourth-order valence-corrected chi connectivity index (χ4v) is 1.16. The summed E-state index contributed by atoms with van der Waals surface area (Å²) < 4.78 is 0. The van der Waals surface area contributed by atoms with E-state index in [1.54, 1.807) is 0 Å². The highest BCUT2D eigenvalue weighted by Crippen LogP contribution is 2.17. The van der Waals surface area contributed by atoms with Crippen LogP contribution in [0, 0.1) is 0 Å². The van der Waals surface area contributed by atoms with Crippen LogP contribution in [0.3, 0.4) is 0 Å². The third-order valence-electron chi connectivity index (χ3n) is 1.76. The molecule has 1 fully saturated rings. The first-order valence-electron chi connectivity index (χ1n) is 3.50. The van der Waals surface area contributed by atoms with E-state index in [1.165, 1.54) is 0 Å². The predicted molar refractivity (Wildman–Crippen MR) is 44.0 cm³/mol. The Labute approximate surface area is 66.4 Å². The van der Waals surface area contributed by atoms with Gasteiger partial charge >= 0.3 is 0 Å². The Morgan fingerprint density at radius 1 is 1.70 bits per heavy atom. The molecule has 0 saturated heterocycles. The highest BCUT2D eigenvalue weighted by molar-refractivity contribution is 6.29. The third kappa shape index (κ3) is 2.29. The van der Waals surface area contributed by atoms with Crippen LogP contribution in [-0.4, -0.2) is 18.6 Å². The van der Waals surface area contributed by atoms with Crippen molar-refractivity contribution in [2.75, 3.05) is 6.54 Å². The maximum Gasteiger partial charge on any atom is 0.0310 e. The van der Waals surface area contributed by atoms with Crippen LogP contribution in [0.5, 0.6) is 0 Å². The Morgan fingerprint density at radius 2 is 2.30 bits per heavy atom. The summed E-state index contributed by atoms with van der Waals surface area (Å²) in [4.78, 5) is 0. The maximum atomic E-state index is 5.58. The molecule has 0 radical (unpaired) electrons. The molecule has 2 nitrogen and oxygen atoms in total. The van der Waals surface area contributed by atoms with Gasteiger partial charge in [-0.3, -0.25) is 0 Å². The summed E-state index contributed by atoms with van der Waals surface area (Å²) in [6.07, 6.45) is 2.15. The van der Waals surface area contributed by atoms with Crippen molar-refractivity contribution in [3.63, 3.8) is 0 Å². The molecule has 0 aromatic heterocycles. The van der Waals surface area contributed by atoms with E-state index < -0.39 is 0 Å². The topological polar surface area (TPSA) is 38.0 Å². The Morgan fingerprint density at radius 3 is 2.70 bits per heavy atom. The Balaban J connectivity index is 2.00. The second-order valence-corrected chi connectivity index (χ2v) is 3.36. The van der Waals surface area contributed by atoms with Crippen molar-refractivity contribution < 1.29 is 0 Å². The van der Waals surface area contributed by atoms with Gasteiger partial charge in [-0.05, 0) is 12.8 Å². The van der Waals surface area contributed by atoms with E-state index in [-0.39, 0.29) is 0 Å². The molecule has 1 rings (SSSR count). The van der Waals surface area contributed by atoms with E-state index in [4.69, 9.17) is 17.3 Å². The first-order chi connectivity index (χ1) is 4.68. The molecule has 58 valence electrons. The lowest BCUT2D eigenvalue weighted by molar-refractivity contribution is 0.300. The van der Waals surface area contributed by atoms with Crippen LogP contribution in [0.15, 0.2) is 11.6 Å². The highest BCUT2D eigenvalue weighted by Gasteiger charge is 2.24. The van der Waals surface area contributed by atoms with Crippen molar-refractivity contribution >= 4 is 11.6 Å². The molecule has 0 bridgehead atoms. The summed E-state index contributed by atoms with van der Waals surface area (Å²) in [7, 11) is 0. The fraction of sp³-hybridized carbons (Fsp3) is 0.714. The Kier molecular flexibility index (Phi) is 2.72. The summed E-state index contributed by atoms with van der Waals surface area (Å²) in [5.41, 5.74) is 5.58. The van der Waals surface area contributed by atoms with E-state index in [0.29, 0.717) is 23.7 Å². The molecule has 0 aromatic carbocycles. The zero-order valence-electron chi connectivity index (χ0n) is 5.94. The molecule has 0 aliphatic heterocycles. The molecule has 1 aliphatic rings. The molecule has 0 unspecified atom stereocenters. The lowest BCUT2D eigenvalue weighted by atomic mass is 9.88. The van der Waals surface area contributed by atoms with Crippen LogP contribution in [0.2, 0.25) is 0 Å². The molecular formula is C7H13ClN2. The van der Waals surface area contributed by atoms with Crippen LogP contribution in [0.4, 0.5) is 0 Å². The maximum absolute atomic E-state index is 5.58. The van der Waals surface area contributed by atoms with Crippen LogP contribution >= 0.6 is 11.6 Å². The number of nitrogens with two attached hydrogens (primary N) is 1. The van der Waals surface area contributed by atoms with E-state index in [1.807, 2.05) is 0 Å². The minimum atomic E-state index is 0.404. The van der Waals surface area contributed by atoms with E-state index in [0.717, 1.165) is 12.8 Å². The molecule has 3 heteroatoms. The first-order valence-corrected chi connectivity index (χ1v) is 3.88. The van der Waals surface area contributed by atoms with Crippen molar-refractivity contribution in [3.8, 4) is 0 Å². The second-order valence-electron chi connectivity index (χ2n) is 2.83. The SMILES string of the molecule is C=C(Cl)CNC1CC(N)C1. The summed E-state index contributed by atoms with van der Waals surface area (Å²) in [5.74, 6) is 0. The number of rotatable bonds is 3. The number of hydrogen-bond donors (Lipinski definition) is 2. The molecule has 0 amide bonds. The zero-order chi connectivity index (χ0) is 7.56. The van der Waals surface area contributed by atoms with Crippen LogP contribution < -0.4 is 11.1 Å².